The van der Waals surface area contributed by atoms with Crippen molar-refractivity contribution in [2.45, 2.75) is 45.3 Å². The fraction of sp³-hybridized carbons (Fsp3) is 0.364. The molecule has 0 spiro atoms. The molecule has 0 bridgehead atoms. The number of rotatable bonds is 5. The monoisotopic (exact) mass is 393 g/mol. The Morgan fingerprint density at radius 3 is 2.86 bits per heavy atom. The maximum atomic E-state index is 12.7. The van der Waals surface area contributed by atoms with Gasteiger partial charge in [0.2, 0.25) is 0 Å². The Bertz CT molecular complexity index is 1060. The van der Waals surface area contributed by atoms with E-state index in [0.717, 1.165) is 30.3 Å². The van der Waals surface area contributed by atoms with Crippen molar-refractivity contribution in [2.75, 3.05) is 0 Å². The zero-order valence-electron chi connectivity index (χ0n) is 16.3. The van der Waals surface area contributed by atoms with E-state index in [1.54, 1.807) is 16.7 Å². The molecular formula is C22H23N3O4. The van der Waals surface area contributed by atoms with E-state index in [2.05, 4.69) is 11.9 Å². The highest BCUT2D eigenvalue weighted by atomic mass is 16.6. The lowest BCUT2D eigenvalue weighted by Gasteiger charge is -2.26. The van der Waals surface area contributed by atoms with Crippen LogP contribution in [0.2, 0.25) is 0 Å². The second-order valence-corrected chi connectivity index (χ2v) is 7.70. The van der Waals surface area contributed by atoms with Crippen molar-refractivity contribution in [3.05, 3.63) is 58.6 Å². The molecule has 1 aliphatic carbocycles. The summed E-state index contributed by atoms with van der Waals surface area (Å²) in [6.07, 6.45) is 4.01. The Balaban J connectivity index is 1.66. The van der Waals surface area contributed by atoms with Gasteiger partial charge in [-0.3, -0.25) is 14.9 Å². The van der Waals surface area contributed by atoms with Crippen molar-refractivity contribution in [3.63, 3.8) is 0 Å². The van der Waals surface area contributed by atoms with E-state index < -0.39 is 4.92 Å². The minimum absolute atomic E-state index is 0.0140. The molecular weight excluding hydrogens is 370 g/mol. The number of aromatic nitrogens is 2. The average Bonchev–Trinajstić information content (AvgIpc) is 3.06. The summed E-state index contributed by atoms with van der Waals surface area (Å²) in [5.41, 5.74) is 2.10. The van der Waals surface area contributed by atoms with Crippen molar-refractivity contribution in [3.8, 4) is 11.4 Å². The van der Waals surface area contributed by atoms with Crippen LogP contribution in [-0.4, -0.2) is 26.5 Å². The molecule has 1 fully saturated rings. The molecule has 1 aromatic heterocycles. The fourth-order valence-corrected chi connectivity index (χ4v) is 4.05. The molecule has 7 nitrogen and oxygen atoms in total. The summed E-state index contributed by atoms with van der Waals surface area (Å²) in [4.78, 5) is 28.1. The smallest absolute Gasteiger partial charge is 0.326 e. The normalized spacial score (nSPS) is 19.2. The van der Waals surface area contributed by atoms with Gasteiger partial charge in [-0.15, -0.1) is 0 Å². The molecule has 1 saturated carbocycles. The second kappa shape index (κ2) is 8.03. The van der Waals surface area contributed by atoms with E-state index in [1.807, 2.05) is 24.3 Å². The molecule has 2 aromatic carbocycles. The first kappa shape index (κ1) is 19.1. The topological polar surface area (TPSA) is 87.3 Å². The molecule has 3 aromatic rings. The zero-order chi connectivity index (χ0) is 20.4. The predicted molar refractivity (Wildman–Crippen MR) is 109 cm³/mol. The van der Waals surface area contributed by atoms with Crippen LogP contribution < -0.4 is 0 Å². The summed E-state index contributed by atoms with van der Waals surface area (Å²) in [6.45, 7) is 2.20. The fourth-order valence-electron chi connectivity index (χ4n) is 4.05. The number of non-ortho nitro benzene ring substituents is 1. The number of imidazole rings is 1. The number of nitro benzene ring substituents is 1. The van der Waals surface area contributed by atoms with Crippen LogP contribution in [-0.2, 0) is 16.1 Å². The third-order valence-corrected chi connectivity index (χ3v) is 5.44. The number of ether oxygens (including phenoxy) is 1. The van der Waals surface area contributed by atoms with Crippen molar-refractivity contribution < 1.29 is 14.5 Å². The lowest BCUT2D eigenvalue weighted by molar-refractivity contribution is -0.384. The largest absolute Gasteiger partial charge is 0.461 e. The number of para-hydroxylation sites is 2. The van der Waals surface area contributed by atoms with E-state index >= 15 is 0 Å². The van der Waals surface area contributed by atoms with Gasteiger partial charge in [0.25, 0.3) is 5.69 Å². The second-order valence-electron chi connectivity index (χ2n) is 7.70. The van der Waals surface area contributed by atoms with Crippen LogP contribution in [0.5, 0.6) is 0 Å². The van der Waals surface area contributed by atoms with Gasteiger partial charge in [-0.25, -0.2) is 4.98 Å². The third-order valence-electron chi connectivity index (χ3n) is 5.44. The number of carbonyl (C=O) groups excluding carboxylic acids is 1. The molecule has 1 aliphatic rings. The Kier molecular flexibility index (Phi) is 5.29. The standard InChI is InChI=1S/C22H23N3O4/c1-15-6-4-9-18(12-15)29-21(26)14-24-20-11-3-2-10-19(20)23-22(24)16-7-5-8-17(13-16)25(27)28/h2-3,5,7-8,10-11,13,15,18H,4,6,9,12,14H2,1H3. The number of hydrogen-bond acceptors (Lipinski definition) is 5. The Hall–Kier alpha value is -3.22. The van der Waals surface area contributed by atoms with Crippen LogP contribution in [0.1, 0.15) is 32.6 Å². The summed E-state index contributed by atoms with van der Waals surface area (Å²) < 4.78 is 7.52. The van der Waals surface area contributed by atoms with Gasteiger partial charge < -0.3 is 9.30 Å². The highest BCUT2D eigenvalue weighted by Crippen LogP contribution is 2.29. The number of nitro groups is 1. The molecule has 1 heterocycles. The molecule has 0 aliphatic heterocycles. The average molecular weight is 393 g/mol. The maximum Gasteiger partial charge on any atom is 0.326 e. The first-order valence-electron chi connectivity index (χ1n) is 9.91. The number of esters is 1. The van der Waals surface area contributed by atoms with E-state index in [-0.39, 0.29) is 24.3 Å². The lowest BCUT2D eigenvalue weighted by Crippen LogP contribution is -2.26. The number of benzene rings is 2. The molecule has 0 radical (unpaired) electrons. The van der Waals surface area contributed by atoms with E-state index in [0.29, 0.717) is 17.3 Å². The Labute approximate surface area is 168 Å². The minimum atomic E-state index is -0.436. The molecule has 4 rings (SSSR count). The Morgan fingerprint density at radius 1 is 1.24 bits per heavy atom. The maximum absolute atomic E-state index is 12.7. The van der Waals surface area contributed by atoms with Crippen molar-refractivity contribution in [1.82, 2.24) is 9.55 Å². The van der Waals surface area contributed by atoms with Crippen molar-refractivity contribution >= 4 is 22.7 Å². The van der Waals surface area contributed by atoms with Gasteiger partial charge in [0.1, 0.15) is 18.5 Å². The number of nitrogens with zero attached hydrogens (tertiary/aromatic N) is 3. The summed E-state index contributed by atoms with van der Waals surface area (Å²) in [5.74, 6) is 0.777. The van der Waals surface area contributed by atoms with E-state index in [9.17, 15) is 14.9 Å². The minimum Gasteiger partial charge on any atom is -0.461 e. The SMILES string of the molecule is CC1CCCC(OC(=O)Cn2c(-c3cccc([N+](=O)[O-])c3)nc3ccccc32)C1. The number of fused-ring (bicyclic) bond motifs is 1. The van der Waals surface area contributed by atoms with Crippen molar-refractivity contribution in [2.24, 2.45) is 5.92 Å². The highest BCUT2D eigenvalue weighted by molar-refractivity contribution is 5.83. The third kappa shape index (κ3) is 4.13. The summed E-state index contributed by atoms with van der Waals surface area (Å²) in [6, 6.07) is 13.8. The first-order chi connectivity index (χ1) is 14.0. The van der Waals surface area contributed by atoms with Gasteiger partial charge in [-0.05, 0) is 37.3 Å². The lowest BCUT2D eigenvalue weighted by atomic mass is 9.89. The van der Waals surface area contributed by atoms with Crippen LogP contribution in [0.4, 0.5) is 5.69 Å². The van der Waals surface area contributed by atoms with Gasteiger partial charge in [-0.2, -0.15) is 0 Å². The molecule has 29 heavy (non-hydrogen) atoms. The summed E-state index contributed by atoms with van der Waals surface area (Å²) >= 11 is 0. The molecule has 0 N–H and O–H groups in total. The molecule has 0 saturated heterocycles. The van der Waals surface area contributed by atoms with Gasteiger partial charge in [0.05, 0.1) is 16.0 Å². The summed E-state index contributed by atoms with van der Waals surface area (Å²) in [5, 5.41) is 11.2. The van der Waals surface area contributed by atoms with Crippen LogP contribution >= 0.6 is 0 Å². The number of carbonyl (C=O) groups is 1. The van der Waals surface area contributed by atoms with Crippen LogP contribution in [0.25, 0.3) is 22.4 Å². The van der Waals surface area contributed by atoms with Gasteiger partial charge in [-0.1, -0.05) is 37.6 Å². The molecule has 150 valence electrons. The van der Waals surface area contributed by atoms with Gasteiger partial charge in [0, 0.05) is 17.7 Å². The molecule has 2 atom stereocenters. The van der Waals surface area contributed by atoms with Gasteiger partial charge >= 0.3 is 5.97 Å². The quantitative estimate of drug-likeness (QED) is 0.355. The van der Waals surface area contributed by atoms with E-state index in [4.69, 9.17) is 4.74 Å². The predicted octanol–water partition coefficient (Wildman–Crippen LogP) is 4.73. The molecule has 0 amide bonds. The molecule has 7 heteroatoms. The van der Waals surface area contributed by atoms with Crippen molar-refractivity contribution in [1.29, 1.82) is 0 Å². The first-order valence-corrected chi connectivity index (χ1v) is 9.91. The Morgan fingerprint density at radius 2 is 2.07 bits per heavy atom. The zero-order valence-corrected chi connectivity index (χ0v) is 16.3. The number of hydrogen-bond donors (Lipinski definition) is 0. The van der Waals surface area contributed by atoms with Crippen LogP contribution in [0, 0.1) is 16.0 Å². The van der Waals surface area contributed by atoms with Crippen LogP contribution in [0.3, 0.4) is 0 Å². The highest BCUT2D eigenvalue weighted by Gasteiger charge is 2.24. The summed E-state index contributed by atoms with van der Waals surface area (Å²) in [7, 11) is 0. The van der Waals surface area contributed by atoms with Gasteiger partial charge in [0.15, 0.2) is 0 Å². The molecule has 2 unspecified atom stereocenters. The van der Waals surface area contributed by atoms with E-state index in [1.165, 1.54) is 18.6 Å². The van der Waals surface area contributed by atoms with Crippen LogP contribution in [0.15, 0.2) is 48.5 Å².